The van der Waals surface area contributed by atoms with E-state index in [0.29, 0.717) is 6.04 Å². The summed E-state index contributed by atoms with van der Waals surface area (Å²) in [6.45, 7) is 0. The lowest BCUT2D eigenvalue weighted by atomic mass is 9.96. The van der Waals surface area contributed by atoms with Crippen LogP contribution in [0.4, 0.5) is 0 Å². The molecule has 1 fully saturated rings. The van der Waals surface area contributed by atoms with E-state index in [0.717, 1.165) is 6.04 Å². The van der Waals surface area contributed by atoms with Gasteiger partial charge in [0.05, 0.1) is 0 Å². The zero-order chi connectivity index (χ0) is 11.8. The summed E-state index contributed by atoms with van der Waals surface area (Å²) in [4.78, 5) is 2.53. The molecule has 0 aliphatic heterocycles. The minimum atomic E-state index is 0.194. The number of fused-ring (bicyclic) bond motifs is 1. The molecule has 2 atom stereocenters. The third-order valence-electron chi connectivity index (χ3n) is 4.42. The maximum absolute atomic E-state index is 6.52. The standard InChI is InChI=1S/C15H22N2/c1-17(12-9-10-12)14-8-4-6-11-5-2-3-7-13(11)15(14)16/h2-3,5,7,12,14-15H,4,6,8-10,16H2,1H3. The van der Waals surface area contributed by atoms with Crippen LogP contribution < -0.4 is 5.73 Å². The SMILES string of the molecule is CN(C1CC1)C1CCCc2ccccc2C1N. The number of benzene rings is 1. The summed E-state index contributed by atoms with van der Waals surface area (Å²) in [6, 6.07) is 10.3. The summed E-state index contributed by atoms with van der Waals surface area (Å²) in [5, 5.41) is 0. The second kappa shape index (κ2) is 4.43. The second-order valence-electron chi connectivity index (χ2n) is 5.58. The van der Waals surface area contributed by atoms with Gasteiger partial charge >= 0.3 is 0 Å². The number of likely N-dealkylation sites (N-methyl/N-ethyl adjacent to an activating group) is 1. The summed E-state index contributed by atoms with van der Waals surface area (Å²) >= 11 is 0. The van der Waals surface area contributed by atoms with Crippen molar-refractivity contribution in [2.45, 2.75) is 50.2 Å². The van der Waals surface area contributed by atoms with E-state index in [9.17, 15) is 0 Å². The Hall–Kier alpha value is -0.860. The lowest BCUT2D eigenvalue weighted by molar-refractivity contribution is 0.192. The minimum Gasteiger partial charge on any atom is -0.323 e. The molecular formula is C15H22N2. The van der Waals surface area contributed by atoms with Gasteiger partial charge in [0.1, 0.15) is 0 Å². The molecule has 2 nitrogen and oxygen atoms in total. The third-order valence-corrected chi connectivity index (χ3v) is 4.42. The van der Waals surface area contributed by atoms with Gasteiger partial charge in [-0.15, -0.1) is 0 Å². The predicted octanol–water partition coefficient (Wildman–Crippen LogP) is 2.49. The molecule has 0 saturated heterocycles. The van der Waals surface area contributed by atoms with Gasteiger partial charge in [0.15, 0.2) is 0 Å². The zero-order valence-electron chi connectivity index (χ0n) is 10.6. The normalized spacial score (nSPS) is 28.9. The molecule has 2 aliphatic rings. The van der Waals surface area contributed by atoms with Gasteiger partial charge in [0, 0.05) is 18.1 Å². The van der Waals surface area contributed by atoms with Crippen LogP contribution in [-0.4, -0.2) is 24.0 Å². The highest BCUT2D eigenvalue weighted by Gasteiger charge is 2.35. The Labute approximate surface area is 104 Å². The number of rotatable bonds is 2. The molecule has 2 heteroatoms. The summed E-state index contributed by atoms with van der Waals surface area (Å²) in [6.07, 6.45) is 6.43. The molecule has 0 radical (unpaired) electrons. The molecule has 2 N–H and O–H groups in total. The van der Waals surface area contributed by atoms with Crippen LogP contribution in [0.25, 0.3) is 0 Å². The van der Waals surface area contributed by atoms with E-state index in [1.54, 1.807) is 0 Å². The largest absolute Gasteiger partial charge is 0.323 e. The first-order valence-electron chi connectivity index (χ1n) is 6.82. The first-order valence-corrected chi connectivity index (χ1v) is 6.82. The van der Waals surface area contributed by atoms with Crippen LogP contribution in [0.3, 0.4) is 0 Å². The van der Waals surface area contributed by atoms with Crippen LogP contribution in [0.2, 0.25) is 0 Å². The Balaban J connectivity index is 1.88. The predicted molar refractivity (Wildman–Crippen MR) is 70.9 cm³/mol. The van der Waals surface area contributed by atoms with E-state index in [2.05, 4.69) is 36.2 Å². The molecule has 0 spiro atoms. The number of hydrogen-bond donors (Lipinski definition) is 1. The van der Waals surface area contributed by atoms with Crippen LogP contribution in [-0.2, 0) is 6.42 Å². The van der Waals surface area contributed by atoms with Gasteiger partial charge in [0.2, 0.25) is 0 Å². The van der Waals surface area contributed by atoms with Crippen LogP contribution in [0, 0.1) is 0 Å². The fourth-order valence-electron chi connectivity index (χ4n) is 3.19. The Bertz CT molecular complexity index is 398. The van der Waals surface area contributed by atoms with E-state index in [4.69, 9.17) is 5.73 Å². The van der Waals surface area contributed by atoms with Crippen LogP contribution in [0.15, 0.2) is 24.3 Å². The zero-order valence-corrected chi connectivity index (χ0v) is 10.6. The van der Waals surface area contributed by atoms with E-state index in [1.807, 2.05) is 0 Å². The average Bonchev–Trinajstić information content (AvgIpc) is 3.17. The van der Waals surface area contributed by atoms with Crippen LogP contribution in [0.1, 0.15) is 42.9 Å². The maximum Gasteiger partial charge on any atom is 0.0455 e. The lowest BCUT2D eigenvalue weighted by Crippen LogP contribution is -2.41. The minimum absolute atomic E-state index is 0.194. The van der Waals surface area contributed by atoms with Crippen molar-refractivity contribution >= 4 is 0 Å². The molecule has 2 unspecified atom stereocenters. The molecule has 2 aliphatic carbocycles. The summed E-state index contributed by atoms with van der Waals surface area (Å²) in [5.74, 6) is 0. The van der Waals surface area contributed by atoms with Crippen molar-refractivity contribution < 1.29 is 0 Å². The highest BCUT2D eigenvalue weighted by atomic mass is 15.2. The highest BCUT2D eigenvalue weighted by molar-refractivity contribution is 5.32. The fraction of sp³-hybridized carbons (Fsp3) is 0.600. The van der Waals surface area contributed by atoms with Gasteiger partial charge in [-0.05, 0) is 50.3 Å². The average molecular weight is 230 g/mol. The molecular weight excluding hydrogens is 208 g/mol. The van der Waals surface area contributed by atoms with Gasteiger partial charge in [-0.25, -0.2) is 0 Å². The second-order valence-corrected chi connectivity index (χ2v) is 5.58. The van der Waals surface area contributed by atoms with Crippen molar-refractivity contribution in [2.75, 3.05) is 7.05 Å². The first kappa shape index (κ1) is 11.2. The van der Waals surface area contributed by atoms with Crippen LogP contribution in [0.5, 0.6) is 0 Å². The quantitative estimate of drug-likeness (QED) is 0.791. The summed E-state index contributed by atoms with van der Waals surface area (Å²) in [7, 11) is 2.26. The fourth-order valence-corrected chi connectivity index (χ4v) is 3.19. The van der Waals surface area contributed by atoms with Gasteiger partial charge in [0.25, 0.3) is 0 Å². The van der Waals surface area contributed by atoms with E-state index >= 15 is 0 Å². The van der Waals surface area contributed by atoms with Crippen molar-refractivity contribution in [1.29, 1.82) is 0 Å². The molecule has 0 heterocycles. The van der Waals surface area contributed by atoms with Crippen LogP contribution >= 0.6 is 0 Å². The van der Waals surface area contributed by atoms with Gasteiger partial charge < -0.3 is 5.73 Å². The molecule has 1 saturated carbocycles. The molecule has 3 rings (SSSR count). The van der Waals surface area contributed by atoms with Gasteiger partial charge in [-0.3, -0.25) is 4.90 Å². The lowest BCUT2D eigenvalue weighted by Gasteiger charge is -2.32. The smallest absolute Gasteiger partial charge is 0.0455 e. The number of hydrogen-bond acceptors (Lipinski definition) is 2. The Morgan fingerprint density at radius 3 is 2.71 bits per heavy atom. The van der Waals surface area contributed by atoms with Crippen molar-refractivity contribution in [3.63, 3.8) is 0 Å². The Kier molecular flexibility index (Phi) is 2.93. The first-order chi connectivity index (χ1) is 8.27. The number of aryl methyl sites for hydroxylation is 1. The van der Waals surface area contributed by atoms with Gasteiger partial charge in [-0.1, -0.05) is 24.3 Å². The molecule has 0 aromatic heterocycles. The van der Waals surface area contributed by atoms with Gasteiger partial charge in [-0.2, -0.15) is 0 Å². The van der Waals surface area contributed by atoms with Crippen molar-refractivity contribution in [3.05, 3.63) is 35.4 Å². The van der Waals surface area contributed by atoms with E-state index in [-0.39, 0.29) is 6.04 Å². The molecule has 1 aromatic carbocycles. The van der Waals surface area contributed by atoms with Crippen molar-refractivity contribution in [2.24, 2.45) is 5.73 Å². The van der Waals surface area contributed by atoms with Crippen molar-refractivity contribution in [3.8, 4) is 0 Å². The summed E-state index contributed by atoms with van der Waals surface area (Å²) in [5.41, 5.74) is 9.36. The third kappa shape index (κ3) is 2.12. The topological polar surface area (TPSA) is 29.3 Å². The molecule has 1 aromatic rings. The number of nitrogens with zero attached hydrogens (tertiary/aromatic N) is 1. The maximum atomic E-state index is 6.52. The van der Waals surface area contributed by atoms with E-state index < -0.39 is 0 Å². The molecule has 17 heavy (non-hydrogen) atoms. The molecule has 0 amide bonds. The van der Waals surface area contributed by atoms with E-state index in [1.165, 1.54) is 43.2 Å². The molecule has 0 bridgehead atoms. The summed E-state index contributed by atoms with van der Waals surface area (Å²) < 4.78 is 0. The molecule has 92 valence electrons. The number of nitrogens with two attached hydrogens (primary N) is 1. The Morgan fingerprint density at radius 2 is 1.94 bits per heavy atom. The monoisotopic (exact) mass is 230 g/mol. The Morgan fingerprint density at radius 1 is 1.18 bits per heavy atom. The highest BCUT2D eigenvalue weighted by Crippen LogP contribution is 2.35. The van der Waals surface area contributed by atoms with Crippen molar-refractivity contribution in [1.82, 2.24) is 4.90 Å².